The van der Waals surface area contributed by atoms with Crippen molar-refractivity contribution in [2.45, 2.75) is 46.1 Å². The lowest BCUT2D eigenvalue weighted by Crippen LogP contribution is -2.50. The van der Waals surface area contributed by atoms with Gasteiger partial charge in [-0.3, -0.25) is 14.5 Å². The molecule has 1 aromatic rings. The van der Waals surface area contributed by atoms with Crippen LogP contribution in [0.4, 0.5) is 5.69 Å². The summed E-state index contributed by atoms with van der Waals surface area (Å²) in [6.45, 7) is 6.74. The minimum absolute atomic E-state index is 0.0454. The number of likely N-dealkylation sites (N-methyl/N-ethyl adjacent to an activating group) is 1. The lowest BCUT2D eigenvalue weighted by molar-refractivity contribution is -0.132. The van der Waals surface area contributed by atoms with Crippen molar-refractivity contribution in [1.29, 1.82) is 0 Å². The van der Waals surface area contributed by atoms with Crippen molar-refractivity contribution in [3.63, 3.8) is 0 Å². The van der Waals surface area contributed by atoms with Crippen LogP contribution in [0, 0.1) is 6.92 Å². The minimum atomic E-state index is -0.515. The van der Waals surface area contributed by atoms with Gasteiger partial charge in [0.25, 0.3) is 5.91 Å². The highest BCUT2D eigenvalue weighted by Gasteiger charge is 2.34. The third-order valence-corrected chi connectivity index (χ3v) is 4.15. The highest BCUT2D eigenvalue weighted by atomic mass is 16.5. The van der Waals surface area contributed by atoms with E-state index in [0.29, 0.717) is 24.4 Å². The van der Waals surface area contributed by atoms with E-state index >= 15 is 0 Å². The van der Waals surface area contributed by atoms with Crippen molar-refractivity contribution in [2.24, 2.45) is 0 Å². The van der Waals surface area contributed by atoms with Gasteiger partial charge in [0.2, 0.25) is 5.91 Å². The first-order chi connectivity index (χ1) is 11.0. The molecule has 2 rings (SSSR count). The number of amides is 2. The molecule has 23 heavy (non-hydrogen) atoms. The van der Waals surface area contributed by atoms with Crippen molar-refractivity contribution in [1.82, 2.24) is 4.90 Å². The number of benzene rings is 1. The quantitative estimate of drug-likeness (QED) is 0.810. The Hall–Kier alpha value is -2.04. The second-order valence-corrected chi connectivity index (χ2v) is 6.08. The van der Waals surface area contributed by atoms with Gasteiger partial charge in [-0.1, -0.05) is 26.3 Å². The molecule has 0 radical (unpaired) electrons. The Morgan fingerprint density at radius 1 is 1.35 bits per heavy atom. The fourth-order valence-electron chi connectivity index (χ4n) is 2.63. The van der Waals surface area contributed by atoms with Gasteiger partial charge in [0.1, 0.15) is 12.3 Å². The van der Waals surface area contributed by atoms with Crippen molar-refractivity contribution in [2.75, 3.05) is 25.0 Å². The molecule has 0 fully saturated rings. The molecule has 1 aliphatic heterocycles. The molecule has 5 nitrogen and oxygen atoms in total. The molecule has 1 unspecified atom stereocenters. The average Bonchev–Trinajstić information content (AvgIpc) is 2.54. The van der Waals surface area contributed by atoms with Crippen molar-refractivity contribution >= 4 is 17.5 Å². The maximum atomic E-state index is 12.6. The van der Waals surface area contributed by atoms with Gasteiger partial charge in [0.05, 0.1) is 5.69 Å². The number of anilines is 1. The summed E-state index contributed by atoms with van der Waals surface area (Å²) in [5.41, 5.74) is 1.73. The Kier molecular flexibility index (Phi) is 5.64. The first-order valence-electron chi connectivity index (χ1n) is 8.30. The molecule has 0 saturated carbocycles. The summed E-state index contributed by atoms with van der Waals surface area (Å²) in [5, 5.41) is 0. The molecule has 2 amide bonds. The molecular formula is C18H26N2O3. The van der Waals surface area contributed by atoms with Gasteiger partial charge in [0.15, 0.2) is 6.10 Å². The normalized spacial score (nSPS) is 16.8. The molecule has 1 atom stereocenters. The van der Waals surface area contributed by atoms with E-state index in [-0.39, 0.29) is 18.4 Å². The number of carbonyl (C=O) groups excluding carboxylic acids is 2. The van der Waals surface area contributed by atoms with Gasteiger partial charge in [0, 0.05) is 13.6 Å². The van der Waals surface area contributed by atoms with Crippen LogP contribution in [0.15, 0.2) is 18.2 Å². The largest absolute Gasteiger partial charge is 0.478 e. The fraction of sp³-hybridized carbons (Fsp3) is 0.556. The maximum Gasteiger partial charge on any atom is 0.268 e. The molecule has 1 aromatic carbocycles. The first kappa shape index (κ1) is 17.3. The lowest BCUT2D eigenvalue weighted by atomic mass is 10.1. The number of hydrogen-bond donors (Lipinski definition) is 0. The Balaban J connectivity index is 2.23. The molecule has 1 aliphatic rings. The third-order valence-electron chi connectivity index (χ3n) is 4.15. The van der Waals surface area contributed by atoms with E-state index in [1.807, 2.05) is 32.0 Å². The molecule has 0 aromatic heterocycles. The summed E-state index contributed by atoms with van der Waals surface area (Å²) in [6, 6.07) is 5.73. The topological polar surface area (TPSA) is 49.9 Å². The SMILES string of the molecule is CCCCN(C)C(=O)CN1C(=O)C(CC)Oc2ccc(C)cc21. The van der Waals surface area contributed by atoms with E-state index in [0.717, 1.165) is 18.4 Å². The van der Waals surface area contributed by atoms with E-state index in [4.69, 9.17) is 4.74 Å². The highest BCUT2D eigenvalue weighted by molar-refractivity contribution is 6.03. The Bertz CT molecular complexity index is 586. The van der Waals surface area contributed by atoms with Crippen LogP contribution in [0.1, 0.15) is 38.7 Å². The first-order valence-corrected chi connectivity index (χ1v) is 8.30. The van der Waals surface area contributed by atoms with Crippen LogP contribution >= 0.6 is 0 Å². The number of ether oxygens (including phenoxy) is 1. The Labute approximate surface area is 138 Å². The summed E-state index contributed by atoms with van der Waals surface area (Å²) in [6.07, 6.45) is 2.07. The predicted octanol–water partition coefficient (Wildman–Crippen LogP) is 2.76. The molecule has 0 N–H and O–H groups in total. The number of fused-ring (bicyclic) bond motifs is 1. The molecule has 5 heteroatoms. The molecule has 0 spiro atoms. The van der Waals surface area contributed by atoms with Gasteiger partial charge in [-0.05, 0) is 37.5 Å². The summed E-state index contributed by atoms with van der Waals surface area (Å²) in [7, 11) is 1.79. The van der Waals surface area contributed by atoms with Crippen LogP contribution in [0.25, 0.3) is 0 Å². The number of aryl methyl sites for hydroxylation is 1. The van der Waals surface area contributed by atoms with Gasteiger partial charge in [-0.2, -0.15) is 0 Å². The molecule has 0 saturated heterocycles. The van der Waals surface area contributed by atoms with Crippen molar-refractivity contribution < 1.29 is 14.3 Å². The average molecular weight is 318 g/mol. The minimum Gasteiger partial charge on any atom is -0.478 e. The molecular weight excluding hydrogens is 292 g/mol. The maximum absolute atomic E-state index is 12.6. The molecule has 126 valence electrons. The zero-order valence-electron chi connectivity index (χ0n) is 14.5. The van der Waals surface area contributed by atoms with Gasteiger partial charge in [-0.15, -0.1) is 0 Å². The molecule has 1 heterocycles. The predicted molar refractivity (Wildman–Crippen MR) is 90.8 cm³/mol. The lowest BCUT2D eigenvalue weighted by Gasteiger charge is -2.34. The third kappa shape index (κ3) is 3.84. The summed E-state index contributed by atoms with van der Waals surface area (Å²) < 4.78 is 5.77. The molecule has 0 bridgehead atoms. The second-order valence-electron chi connectivity index (χ2n) is 6.08. The number of carbonyl (C=O) groups is 2. The van der Waals surface area contributed by atoms with Crippen molar-refractivity contribution in [3.8, 4) is 5.75 Å². The van der Waals surface area contributed by atoms with E-state index in [1.54, 1.807) is 16.8 Å². The van der Waals surface area contributed by atoms with Crippen molar-refractivity contribution in [3.05, 3.63) is 23.8 Å². The van der Waals surface area contributed by atoms with E-state index in [1.165, 1.54) is 0 Å². The number of rotatable bonds is 6. The van der Waals surface area contributed by atoms with Crippen LogP contribution in [0.5, 0.6) is 5.75 Å². The van der Waals surface area contributed by atoms with Crippen LogP contribution < -0.4 is 9.64 Å². The van der Waals surface area contributed by atoms with E-state index < -0.39 is 6.10 Å². The molecule has 0 aliphatic carbocycles. The summed E-state index contributed by atoms with van der Waals surface area (Å²) in [5.74, 6) is 0.491. The number of unbranched alkanes of at least 4 members (excludes halogenated alkanes) is 1. The van der Waals surface area contributed by atoms with Gasteiger partial charge >= 0.3 is 0 Å². The number of hydrogen-bond acceptors (Lipinski definition) is 3. The van der Waals surface area contributed by atoms with Crippen LogP contribution in [0.3, 0.4) is 0 Å². The number of nitrogens with zero attached hydrogens (tertiary/aromatic N) is 2. The zero-order chi connectivity index (χ0) is 17.0. The second kappa shape index (κ2) is 7.49. The van der Waals surface area contributed by atoms with Crippen LogP contribution in [-0.2, 0) is 9.59 Å². The standard InChI is InChI=1S/C18H26N2O3/c1-5-7-10-19(4)17(21)12-20-14-11-13(3)8-9-16(14)23-15(6-2)18(20)22/h8-9,11,15H,5-7,10,12H2,1-4H3. The van der Waals surface area contributed by atoms with Gasteiger partial charge in [-0.25, -0.2) is 0 Å². The summed E-state index contributed by atoms with van der Waals surface area (Å²) in [4.78, 5) is 28.3. The zero-order valence-corrected chi connectivity index (χ0v) is 14.5. The van der Waals surface area contributed by atoms with E-state index in [9.17, 15) is 9.59 Å². The fourth-order valence-corrected chi connectivity index (χ4v) is 2.63. The monoisotopic (exact) mass is 318 g/mol. The van der Waals surface area contributed by atoms with Crippen LogP contribution in [0.2, 0.25) is 0 Å². The smallest absolute Gasteiger partial charge is 0.268 e. The Morgan fingerprint density at radius 3 is 2.74 bits per heavy atom. The Morgan fingerprint density at radius 2 is 2.09 bits per heavy atom. The van der Waals surface area contributed by atoms with Crippen LogP contribution in [-0.4, -0.2) is 43.0 Å². The van der Waals surface area contributed by atoms with Gasteiger partial charge < -0.3 is 9.64 Å². The summed E-state index contributed by atoms with van der Waals surface area (Å²) >= 11 is 0. The highest BCUT2D eigenvalue weighted by Crippen LogP contribution is 2.35. The van der Waals surface area contributed by atoms with E-state index in [2.05, 4.69) is 6.92 Å².